The number of carbonyl (C=O) groups excluding carboxylic acids is 1. The highest BCUT2D eigenvalue weighted by Crippen LogP contribution is 2.29. The lowest BCUT2D eigenvalue weighted by atomic mass is 10.1. The Morgan fingerprint density at radius 2 is 1.73 bits per heavy atom. The quantitative estimate of drug-likeness (QED) is 0.461. The van der Waals surface area contributed by atoms with E-state index in [1.165, 1.54) is 18.2 Å². The van der Waals surface area contributed by atoms with Gasteiger partial charge in [-0.3, -0.25) is 4.79 Å². The number of nitrogens with zero attached hydrogens (tertiary/aromatic N) is 3. The van der Waals surface area contributed by atoms with E-state index in [0.717, 1.165) is 51.4 Å². The summed E-state index contributed by atoms with van der Waals surface area (Å²) in [7, 11) is -3.95. The van der Waals surface area contributed by atoms with Crippen LogP contribution in [0, 0.1) is 11.7 Å². The Kier molecular flexibility index (Phi) is 8.26. The zero-order valence-electron chi connectivity index (χ0n) is 21.2. The molecule has 8 nitrogen and oxygen atoms in total. The molecule has 202 valence electrons. The van der Waals surface area contributed by atoms with E-state index >= 15 is 0 Å². The summed E-state index contributed by atoms with van der Waals surface area (Å²) in [6.45, 7) is 2.40. The Morgan fingerprint density at radius 1 is 1.03 bits per heavy atom. The average Bonchev–Trinajstić information content (AvgIpc) is 3.69. The van der Waals surface area contributed by atoms with Crippen molar-refractivity contribution in [1.29, 1.82) is 0 Å². The van der Waals surface area contributed by atoms with Crippen LogP contribution in [-0.4, -0.2) is 60.7 Å². The molecule has 1 amide bonds. The highest BCUT2D eigenvalue weighted by molar-refractivity contribution is 7.90. The van der Waals surface area contributed by atoms with E-state index < -0.39 is 21.4 Å². The maximum atomic E-state index is 14.3. The lowest BCUT2D eigenvalue weighted by Gasteiger charge is -2.28. The molecule has 0 spiro atoms. The molecule has 1 saturated carbocycles. The molecule has 1 aromatic carbocycles. The van der Waals surface area contributed by atoms with Crippen molar-refractivity contribution >= 4 is 15.7 Å². The molecule has 5 rings (SSSR count). The molecule has 3 heterocycles. The van der Waals surface area contributed by atoms with Crippen molar-refractivity contribution in [2.24, 2.45) is 5.92 Å². The molecule has 0 bridgehead atoms. The number of hydrogen-bond donors (Lipinski definition) is 0. The molecule has 0 radical (unpaired) electrons. The maximum Gasteiger partial charge on any atom is 0.228 e. The second-order valence-corrected chi connectivity index (χ2v) is 12.3. The van der Waals surface area contributed by atoms with Crippen molar-refractivity contribution < 1.29 is 27.1 Å². The predicted octanol–water partition coefficient (Wildman–Crippen LogP) is 3.87. The Balaban J connectivity index is 1.44. The van der Waals surface area contributed by atoms with Gasteiger partial charge in [-0.2, -0.15) is 0 Å². The van der Waals surface area contributed by atoms with Crippen molar-refractivity contribution in [1.82, 2.24) is 14.5 Å². The second-order valence-electron chi connectivity index (χ2n) is 10.5. The summed E-state index contributed by atoms with van der Waals surface area (Å²) >= 11 is 0. The number of sulfone groups is 1. The monoisotopic (exact) mass is 533 g/mol. The molecular weight excluding hydrogens is 497 g/mol. The van der Waals surface area contributed by atoms with Gasteiger partial charge < -0.3 is 18.9 Å². The summed E-state index contributed by atoms with van der Waals surface area (Å²) in [5, 5.41) is -0.105. The molecule has 2 aliphatic heterocycles. The number of rotatable bonds is 10. The standard InChI is InChI=1S/C27H36FN3O5S/c28-25-12-4-3-9-21(25)19-37(33,34)27-29-15-22(31(27)18-24-11-6-14-36-24)16-30(17-23-10-5-13-35-23)26(32)20-7-1-2-8-20/h3-4,9,12,15,20,23-24H,1-2,5-8,10-11,13-14,16-19H2. The van der Waals surface area contributed by atoms with Crippen LogP contribution in [0.1, 0.15) is 62.6 Å². The third-order valence-electron chi connectivity index (χ3n) is 7.71. The number of aromatic nitrogens is 2. The van der Waals surface area contributed by atoms with E-state index in [9.17, 15) is 17.6 Å². The Morgan fingerprint density at radius 3 is 2.41 bits per heavy atom. The molecule has 3 aliphatic rings. The van der Waals surface area contributed by atoms with Gasteiger partial charge in [0.25, 0.3) is 0 Å². The van der Waals surface area contributed by atoms with Crippen LogP contribution in [-0.2, 0) is 42.9 Å². The molecule has 2 unspecified atom stereocenters. The molecule has 0 N–H and O–H groups in total. The van der Waals surface area contributed by atoms with Gasteiger partial charge in [0, 0.05) is 31.2 Å². The van der Waals surface area contributed by atoms with Crippen LogP contribution in [0.25, 0.3) is 0 Å². The lowest BCUT2D eigenvalue weighted by molar-refractivity contribution is -0.137. The number of ether oxygens (including phenoxy) is 2. The van der Waals surface area contributed by atoms with Gasteiger partial charge in [-0.15, -0.1) is 0 Å². The van der Waals surface area contributed by atoms with Crippen LogP contribution in [0.15, 0.2) is 35.6 Å². The van der Waals surface area contributed by atoms with E-state index in [4.69, 9.17) is 9.47 Å². The third-order valence-corrected chi connectivity index (χ3v) is 9.28. The minimum atomic E-state index is -3.95. The molecule has 2 saturated heterocycles. The van der Waals surface area contributed by atoms with Gasteiger partial charge in [-0.05, 0) is 44.6 Å². The summed E-state index contributed by atoms with van der Waals surface area (Å²) < 4.78 is 54.6. The normalized spacial score (nSPS) is 22.6. The fraction of sp³-hybridized carbons (Fsp3) is 0.630. The van der Waals surface area contributed by atoms with Crippen molar-refractivity contribution in [3.8, 4) is 0 Å². The fourth-order valence-electron chi connectivity index (χ4n) is 5.73. The first-order valence-corrected chi connectivity index (χ1v) is 15.1. The van der Waals surface area contributed by atoms with Gasteiger partial charge in [0.2, 0.25) is 20.9 Å². The first-order chi connectivity index (χ1) is 17.9. The Labute approximate surface area is 218 Å². The Bertz CT molecular complexity index is 1180. The highest BCUT2D eigenvalue weighted by Gasteiger charge is 2.33. The minimum absolute atomic E-state index is 0.000184. The van der Waals surface area contributed by atoms with Crippen molar-refractivity contribution in [2.75, 3.05) is 19.8 Å². The first-order valence-electron chi connectivity index (χ1n) is 13.4. The number of hydrogen-bond acceptors (Lipinski definition) is 6. The summed E-state index contributed by atoms with van der Waals surface area (Å²) in [5.74, 6) is -0.940. The topological polar surface area (TPSA) is 90.7 Å². The molecule has 1 aliphatic carbocycles. The average molecular weight is 534 g/mol. The SMILES string of the molecule is O=C(C1CCCC1)N(Cc1cnc(S(=O)(=O)Cc2ccccc2F)n1CC1CCCO1)CC1CCCO1. The summed E-state index contributed by atoms with van der Waals surface area (Å²) in [6.07, 6.45) is 8.92. The zero-order valence-corrected chi connectivity index (χ0v) is 22.0. The summed E-state index contributed by atoms with van der Waals surface area (Å²) in [4.78, 5) is 19.7. The number of amides is 1. The lowest BCUT2D eigenvalue weighted by Crippen LogP contribution is -2.40. The van der Waals surface area contributed by atoms with E-state index in [-0.39, 0.29) is 41.3 Å². The third kappa shape index (κ3) is 6.23. The van der Waals surface area contributed by atoms with Crippen molar-refractivity contribution in [3.05, 3.63) is 47.5 Å². The van der Waals surface area contributed by atoms with E-state index in [2.05, 4.69) is 4.98 Å². The molecule has 2 aromatic rings. The van der Waals surface area contributed by atoms with Gasteiger partial charge in [0.05, 0.1) is 42.9 Å². The van der Waals surface area contributed by atoms with Crippen LogP contribution in [0.2, 0.25) is 0 Å². The van der Waals surface area contributed by atoms with Crippen LogP contribution >= 0.6 is 0 Å². The molecule has 2 atom stereocenters. The second kappa shape index (κ2) is 11.6. The molecule has 37 heavy (non-hydrogen) atoms. The van der Waals surface area contributed by atoms with Crippen LogP contribution < -0.4 is 0 Å². The van der Waals surface area contributed by atoms with Gasteiger partial charge in [-0.1, -0.05) is 31.0 Å². The van der Waals surface area contributed by atoms with E-state index in [0.29, 0.717) is 32.0 Å². The number of benzene rings is 1. The highest BCUT2D eigenvalue weighted by atomic mass is 32.2. The fourth-order valence-corrected chi connectivity index (χ4v) is 7.24. The summed E-state index contributed by atoms with van der Waals surface area (Å²) in [6, 6.07) is 5.89. The smallest absolute Gasteiger partial charge is 0.228 e. The number of halogens is 1. The van der Waals surface area contributed by atoms with Crippen molar-refractivity contribution in [3.63, 3.8) is 0 Å². The first kappa shape index (κ1) is 26.3. The van der Waals surface area contributed by atoms with Gasteiger partial charge in [0.15, 0.2) is 0 Å². The molecular formula is C27H36FN3O5S. The zero-order chi connectivity index (χ0) is 25.8. The van der Waals surface area contributed by atoms with Gasteiger partial charge in [0.1, 0.15) is 5.82 Å². The maximum absolute atomic E-state index is 14.3. The van der Waals surface area contributed by atoms with E-state index in [1.54, 1.807) is 16.8 Å². The predicted molar refractivity (Wildman–Crippen MR) is 135 cm³/mol. The number of carbonyl (C=O) groups is 1. The van der Waals surface area contributed by atoms with Crippen LogP contribution in [0.4, 0.5) is 4.39 Å². The van der Waals surface area contributed by atoms with E-state index in [1.807, 2.05) is 4.90 Å². The molecule has 3 fully saturated rings. The largest absolute Gasteiger partial charge is 0.376 e. The molecule has 10 heteroatoms. The molecule has 1 aromatic heterocycles. The van der Waals surface area contributed by atoms with Gasteiger partial charge >= 0.3 is 0 Å². The summed E-state index contributed by atoms with van der Waals surface area (Å²) in [5.41, 5.74) is 0.749. The Hall–Kier alpha value is -2.30. The van der Waals surface area contributed by atoms with Crippen LogP contribution in [0.3, 0.4) is 0 Å². The van der Waals surface area contributed by atoms with Crippen LogP contribution in [0.5, 0.6) is 0 Å². The minimum Gasteiger partial charge on any atom is -0.376 e. The number of imidazole rings is 1. The van der Waals surface area contributed by atoms with Gasteiger partial charge in [-0.25, -0.2) is 17.8 Å². The van der Waals surface area contributed by atoms with Crippen molar-refractivity contribution in [2.45, 2.75) is 87.6 Å².